The fourth-order valence-electron chi connectivity index (χ4n) is 1.77. The van der Waals surface area contributed by atoms with Gasteiger partial charge in [-0.3, -0.25) is 9.59 Å². The van der Waals surface area contributed by atoms with Gasteiger partial charge in [-0.1, -0.05) is 0 Å². The van der Waals surface area contributed by atoms with Crippen molar-refractivity contribution in [3.05, 3.63) is 23.6 Å². The lowest BCUT2D eigenvalue weighted by Gasteiger charge is -2.25. The summed E-state index contributed by atoms with van der Waals surface area (Å²) < 4.78 is 28.8. The molecule has 0 saturated heterocycles. The number of methoxy groups -OCH3 is 1. The molecule has 0 aliphatic heterocycles. The van der Waals surface area contributed by atoms with Gasteiger partial charge in [0, 0.05) is 11.6 Å². The van der Waals surface area contributed by atoms with Gasteiger partial charge in [0.1, 0.15) is 5.82 Å². The molecule has 1 aromatic heterocycles. The van der Waals surface area contributed by atoms with Crippen molar-refractivity contribution in [2.75, 3.05) is 20.3 Å². The zero-order valence-electron chi connectivity index (χ0n) is 12.4. The zero-order chi connectivity index (χ0) is 16.0. The van der Waals surface area contributed by atoms with Crippen molar-refractivity contribution in [3.8, 4) is 5.88 Å². The van der Waals surface area contributed by atoms with E-state index in [1.54, 1.807) is 13.8 Å². The molecular weight excluding hydrogens is 281 g/mol. The van der Waals surface area contributed by atoms with Crippen molar-refractivity contribution in [1.82, 2.24) is 4.98 Å². The molecule has 0 atom stereocenters. The molecule has 1 heterocycles. The maximum absolute atomic E-state index is 14.1. The summed E-state index contributed by atoms with van der Waals surface area (Å²) in [5.41, 5.74) is -2.13. The Morgan fingerprint density at radius 3 is 2.19 bits per heavy atom. The van der Waals surface area contributed by atoms with E-state index in [0.717, 1.165) is 6.20 Å². The lowest BCUT2D eigenvalue weighted by molar-refractivity contribution is -0.164. The molecule has 7 heteroatoms. The normalized spacial score (nSPS) is 10.9. The fraction of sp³-hybridized carbons (Fsp3) is 0.500. The molecule has 0 aliphatic rings. The topological polar surface area (TPSA) is 74.7 Å². The first-order chi connectivity index (χ1) is 9.91. The summed E-state index contributed by atoms with van der Waals surface area (Å²) in [7, 11) is 1.34. The van der Waals surface area contributed by atoms with Crippen molar-refractivity contribution in [2.45, 2.75) is 26.2 Å². The van der Waals surface area contributed by atoms with E-state index >= 15 is 0 Å². The number of aromatic nitrogens is 1. The van der Waals surface area contributed by atoms with E-state index < -0.39 is 23.2 Å². The van der Waals surface area contributed by atoms with Crippen LogP contribution in [-0.2, 0) is 24.5 Å². The minimum Gasteiger partial charge on any atom is -0.481 e. The van der Waals surface area contributed by atoms with Gasteiger partial charge in [0.15, 0.2) is 5.41 Å². The summed E-state index contributed by atoms with van der Waals surface area (Å²) in [4.78, 5) is 28.0. The van der Waals surface area contributed by atoms with Gasteiger partial charge in [0.05, 0.1) is 26.5 Å². The van der Waals surface area contributed by atoms with Crippen molar-refractivity contribution < 1.29 is 28.2 Å². The van der Waals surface area contributed by atoms with Crippen molar-refractivity contribution in [3.63, 3.8) is 0 Å². The van der Waals surface area contributed by atoms with Gasteiger partial charge in [0.2, 0.25) is 5.88 Å². The van der Waals surface area contributed by atoms with Gasteiger partial charge < -0.3 is 14.2 Å². The third-order valence-corrected chi connectivity index (χ3v) is 2.95. The Balaban J connectivity index is 3.42. The first-order valence-electron chi connectivity index (χ1n) is 6.46. The van der Waals surface area contributed by atoms with E-state index in [9.17, 15) is 14.0 Å². The number of halogens is 1. The van der Waals surface area contributed by atoms with Crippen LogP contribution < -0.4 is 4.74 Å². The van der Waals surface area contributed by atoms with Crippen molar-refractivity contribution in [2.24, 2.45) is 0 Å². The minimum absolute atomic E-state index is 0.0532. The number of nitrogens with zero attached hydrogens (tertiary/aromatic N) is 1. The predicted octanol–water partition coefficient (Wildman–Crippen LogP) is 1.61. The summed E-state index contributed by atoms with van der Waals surface area (Å²) in [5.74, 6) is -2.53. The van der Waals surface area contributed by atoms with Crippen LogP contribution in [0.3, 0.4) is 0 Å². The number of pyridine rings is 1. The van der Waals surface area contributed by atoms with Crippen LogP contribution in [-0.4, -0.2) is 37.2 Å². The van der Waals surface area contributed by atoms with Crippen molar-refractivity contribution >= 4 is 11.9 Å². The van der Waals surface area contributed by atoms with E-state index in [1.807, 2.05) is 0 Å². The average molecular weight is 299 g/mol. The maximum atomic E-state index is 14.1. The van der Waals surface area contributed by atoms with Gasteiger partial charge in [-0.25, -0.2) is 9.37 Å². The molecule has 116 valence electrons. The number of ether oxygens (including phenoxy) is 3. The van der Waals surface area contributed by atoms with Crippen LogP contribution in [0.5, 0.6) is 5.88 Å². The van der Waals surface area contributed by atoms with Crippen LogP contribution in [0.1, 0.15) is 26.3 Å². The van der Waals surface area contributed by atoms with E-state index in [1.165, 1.54) is 20.1 Å². The monoisotopic (exact) mass is 299 g/mol. The first kappa shape index (κ1) is 16.9. The van der Waals surface area contributed by atoms with Crippen LogP contribution >= 0.6 is 0 Å². The third kappa shape index (κ3) is 3.29. The molecule has 0 spiro atoms. The first-order valence-corrected chi connectivity index (χ1v) is 6.46. The molecule has 0 amide bonds. The Morgan fingerprint density at radius 1 is 1.24 bits per heavy atom. The molecule has 1 aromatic rings. The molecule has 1 rings (SSSR count). The molecule has 6 nitrogen and oxygen atoms in total. The minimum atomic E-state index is -1.92. The Bertz CT molecular complexity index is 514. The number of hydrogen-bond donors (Lipinski definition) is 0. The second-order valence-corrected chi connectivity index (χ2v) is 4.27. The van der Waals surface area contributed by atoms with Crippen LogP contribution in [0.15, 0.2) is 12.3 Å². The van der Waals surface area contributed by atoms with E-state index in [-0.39, 0.29) is 24.7 Å². The summed E-state index contributed by atoms with van der Waals surface area (Å²) in [6.07, 6.45) is 0.880. The lowest BCUT2D eigenvalue weighted by atomic mass is 9.82. The highest BCUT2D eigenvalue weighted by Crippen LogP contribution is 2.31. The van der Waals surface area contributed by atoms with Crippen molar-refractivity contribution in [1.29, 1.82) is 0 Å². The second kappa shape index (κ2) is 7.01. The molecule has 0 fully saturated rings. The Hall–Kier alpha value is -2.18. The van der Waals surface area contributed by atoms with Gasteiger partial charge >= 0.3 is 11.9 Å². The Morgan fingerprint density at radius 2 is 1.76 bits per heavy atom. The van der Waals surface area contributed by atoms with Crippen LogP contribution in [0.4, 0.5) is 4.39 Å². The van der Waals surface area contributed by atoms with Crippen LogP contribution in [0, 0.1) is 5.82 Å². The smallest absolute Gasteiger partial charge is 0.327 e. The quantitative estimate of drug-likeness (QED) is 0.587. The summed E-state index contributed by atoms with van der Waals surface area (Å²) in [6, 6.07) is 1.18. The number of carbonyl (C=O) groups is 2. The number of esters is 2. The molecule has 0 unspecified atom stereocenters. The molecule has 21 heavy (non-hydrogen) atoms. The standard InChI is InChI=1S/C14H18FNO5/c1-5-20-12(17)14(3,13(18)21-6-2)9-7-11(19-4)16-8-10(9)15/h7-8H,5-6H2,1-4H3. The SMILES string of the molecule is CCOC(=O)C(C)(C(=O)OCC)c1cc(OC)ncc1F. The van der Waals surface area contributed by atoms with Gasteiger partial charge in [-0.15, -0.1) is 0 Å². The highest BCUT2D eigenvalue weighted by Gasteiger charge is 2.48. The van der Waals surface area contributed by atoms with Gasteiger partial charge in [-0.05, 0) is 20.8 Å². The number of carbonyl (C=O) groups excluding carboxylic acids is 2. The second-order valence-electron chi connectivity index (χ2n) is 4.27. The summed E-state index contributed by atoms with van der Waals surface area (Å²) in [6.45, 7) is 4.54. The van der Waals surface area contributed by atoms with E-state index in [4.69, 9.17) is 14.2 Å². The zero-order valence-corrected chi connectivity index (χ0v) is 12.4. The Kier molecular flexibility index (Phi) is 5.63. The largest absolute Gasteiger partial charge is 0.481 e. The maximum Gasteiger partial charge on any atom is 0.327 e. The number of hydrogen-bond acceptors (Lipinski definition) is 6. The van der Waals surface area contributed by atoms with E-state index in [2.05, 4.69) is 4.98 Å². The third-order valence-electron chi connectivity index (χ3n) is 2.95. The van der Waals surface area contributed by atoms with Gasteiger partial charge in [0.25, 0.3) is 0 Å². The lowest BCUT2D eigenvalue weighted by Crippen LogP contribution is -2.44. The predicted molar refractivity (Wildman–Crippen MR) is 71.4 cm³/mol. The fourth-order valence-corrected chi connectivity index (χ4v) is 1.77. The Labute approximate surface area is 122 Å². The van der Waals surface area contributed by atoms with Crippen LogP contribution in [0.25, 0.3) is 0 Å². The number of rotatable bonds is 6. The molecule has 0 saturated carbocycles. The molecule has 0 bridgehead atoms. The van der Waals surface area contributed by atoms with E-state index in [0.29, 0.717) is 0 Å². The average Bonchev–Trinajstić information content (AvgIpc) is 2.47. The molecule has 0 radical (unpaired) electrons. The molecule has 0 aliphatic carbocycles. The summed E-state index contributed by atoms with van der Waals surface area (Å²) in [5, 5.41) is 0. The summed E-state index contributed by atoms with van der Waals surface area (Å²) >= 11 is 0. The highest BCUT2D eigenvalue weighted by molar-refractivity contribution is 6.06. The molecule has 0 N–H and O–H groups in total. The molecular formula is C14H18FNO5. The van der Waals surface area contributed by atoms with Crippen LogP contribution in [0.2, 0.25) is 0 Å². The highest BCUT2D eigenvalue weighted by atomic mass is 19.1. The molecule has 0 aromatic carbocycles. The van der Waals surface area contributed by atoms with Gasteiger partial charge in [-0.2, -0.15) is 0 Å².